The highest BCUT2D eigenvalue weighted by Crippen LogP contribution is 2.29. The molecule has 2 heterocycles. The summed E-state index contributed by atoms with van der Waals surface area (Å²) in [5.74, 6) is -0.108. The summed E-state index contributed by atoms with van der Waals surface area (Å²) in [6.07, 6.45) is 4.75. The second-order valence-electron chi connectivity index (χ2n) is 6.62. The Balaban J connectivity index is 1.58. The van der Waals surface area contributed by atoms with Gasteiger partial charge in [0.05, 0.1) is 12.2 Å². The van der Waals surface area contributed by atoms with Crippen LogP contribution in [-0.2, 0) is 10.0 Å². The van der Waals surface area contributed by atoms with E-state index >= 15 is 0 Å². The molecule has 8 nitrogen and oxygen atoms in total. The molecule has 1 aliphatic rings. The largest absolute Gasteiger partial charge is 0.338 e. The number of nitrogens with one attached hydrogen (secondary N) is 1. The molecule has 2 aromatic heterocycles. The lowest BCUT2D eigenvalue weighted by molar-refractivity contribution is 0.0767. The number of carbonyl (C=O) groups excluding carboxylic acids is 1. The zero-order valence-corrected chi connectivity index (χ0v) is 17.2. The van der Waals surface area contributed by atoms with Crippen LogP contribution in [0.2, 0.25) is 0 Å². The van der Waals surface area contributed by atoms with Crippen LogP contribution in [0.15, 0.2) is 27.9 Å². The summed E-state index contributed by atoms with van der Waals surface area (Å²) in [6.45, 7) is 5.14. The van der Waals surface area contributed by atoms with Crippen molar-refractivity contribution in [1.29, 1.82) is 0 Å². The van der Waals surface area contributed by atoms with Crippen molar-refractivity contribution in [3.05, 3.63) is 29.4 Å². The number of carbonyl (C=O) groups is 1. The quantitative estimate of drug-likeness (QED) is 0.754. The molecule has 3 rings (SSSR count). The van der Waals surface area contributed by atoms with Crippen LogP contribution in [0.4, 0.5) is 0 Å². The average molecular weight is 412 g/mol. The van der Waals surface area contributed by atoms with Gasteiger partial charge >= 0.3 is 0 Å². The van der Waals surface area contributed by atoms with Crippen LogP contribution in [0.5, 0.6) is 0 Å². The number of hydrogen-bond donors (Lipinski definition) is 1. The Bertz CT molecular complexity index is 851. The molecule has 1 fully saturated rings. The maximum absolute atomic E-state index is 12.4. The summed E-state index contributed by atoms with van der Waals surface area (Å²) in [5, 5.41) is 9.92. The van der Waals surface area contributed by atoms with E-state index in [-0.39, 0.29) is 18.0 Å². The number of thiophene rings is 1. The summed E-state index contributed by atoms with van der Waals surface area (Å²) >= 11 is 1.22. The van der Waals surface area contributed by atoms with E-state index in [0.29, 0.717) is 23.0 Å². The first kappa shape index (κ1) is 20.0. The molecule has 0 atom stereocenters. The number of nitrogens with zero attached hydrogens (tertiary/aromatic N) is 4. The van der Waals surface area contributed by atoms with Gasteiger partial charge in [-0.25, -0.2) is 17.8 Å². The lowest BCUT2D eigenvalue weighted by atomic mass is 9.92. The van der Waals surface area contributed by atoms with E-state index in [0.717, 1.165) is 25.7 Å². The standard InChI is InChI=1S/C17H25N5O3S2/c1-3-21(4-2)17(23)15-12-22(20-18-15)14-9-7-13(8-10-14)19-27(24,25)16-6-5-11-26-16/h5-6,11-14,19H,3-4,7-10H2,1-2H3. The van der Waals surface area contributed by atoms with Crippen LogP contribution < -0.4 is 4.72 Å². The maximum atomic E-state index is 12.4. The van der Waals surface area contributed by atoms with Gasteiger partial charge in [-0.3, -0.25) is 4.79 Å². The number of rotatable bonds is 7. The third-order valence-electron chi connectivity index (χ3n) is 4.93. The molecule has 1 N–H and O–H groups in total. The highest BCUT2D eigenvalue weighted by molar-refractivity contribution is 7.91. The molecule has 0 aliphatic heterocycles. The Morgan fingerprint density at radius 2 is 2.00 bits per heavy atom. The molecule has 27 heavy (non-hydrogen) atoms. The molecule has 2 aromatic rings. The topological polar surface area (TPSA) is 97.2 Å². The Hall–Kier alpha value is -1.78. The predicted molar refractivity (Wildman–Crippen MR) is 103 cm³/mol. The van der Waals surface area contributed by atoms with E-state index in [2.05, 4.69) is 15.0 Å². The molecular formula is C17H25N5O3S2. The summed E-state index contributed by atoms with van der Waals surface area (Å²) in [6, 6.07) is 3.41. The van der Waals surface area contributed by atoms with Crippen LogP contribution in [0, 0.1) is 0 Å². The van der Waals surface area contributed by atoms with Gasteiger partial charge in [0.2, 0.25) is 10.0 Å². The van der Waals surface area contributed by atoms with Crippen molar-refractivity contribution in [3.63, 3.8) is 0 Å². The van der Waals surface area contributed by atoms with Crippen molar-refractivity contribution in [2.75, 3.05) is 13.1 Å². The molecule has 0 unspecified atom stereocenters. The zero-order valence-electron chi connectivity index (χ0n) is 15.5. The first-order valence-corrected chi connectivity index (χ1v) is 11.6. The van der Waals surface area contributed by atoms with Crippen molar-refractivity contribution < 1.29 is 13.2 Å². The molecule has 1 aliphatic carbocycles. The van der Waals surface area contributed by atoms with Gasteiger partial charge in [0.1, 0.15) is 4.21 Å². The van der Waals surface area contributed by atoms with E-state index in [4.69, 9.17) is 0 Å². The second-order valence-corrected chi connectivity index (χ2v) is 9.51. The van der Waals surface area contributed by atoms with E-state index in [1.165, 1.54) is 11.3 Å². The van der Waals surface area contributed by atoms with E-state index in [1.54, 1.807) is 33.3 Å². The average Bonchev–Trinajstić information content (AvgIpc) is 3.35. The lowest BCUT2D eigenvalue weighted by Crippen LogP contribution is -2.37. The Morgan fingerprint density at radius 1 is 1.30 bits per heavy atom. The maximum Gasteiger partial charge on any atom is 0.276 e. The van der Waals surface area contributed by atoms with Gasteiger partial charge in [-0.1, -0.05) is 11.3 Å². The summed E-state index contributed by atoms with van der Waals surface area (Å²) in [7, 11) is -3.44. The van der Waals surface area contributed by atoms with Gasteiger partial charge < -0.3 is 4.90 Å². The van der Waals surface area contributed by atoms with E-state index in [9.17, 15) is 13.2 Å². The highest BCUT2D eigenvalue weighted by atomic mass is 32.2. The SMILES string of the molecule is CCN(CC)C(=O)c1cn(C2CCC(NS(=O)(=O)c3cccs3)CC2)nn1. The van der Waals surface area contributed by atoms with Gasteiger partial charge in [0.25, 0.3) is 5.91 Å². The molecule has 0 radical (unpaired) electrons. The van der Waals surface area contributed by atoms with Gasteiger partial charge in [-0.15, -0.1) is 16.4 Å². The van der Waals surface area contributed by atoms with Crippen molar-refractivity contribution >= 4 is 27.3 Å². The molecule has 1 amide bonds. The predicted octanol–water partition coefficient (Wildman–Crippen LogP) is 2.28. The van der Waals surface area contributed by atoms with Crippen LogP contribution in [0.3, 0.4) is 0 Å². The van der Waals surface area contributed by atoms with Crippen LogP contribution in [0.25, 0.3) is 0 Å². The van der Waals surface area contributed by atoms with Crippen molar-refractivity contribution in [2.24, 2.45) is 0 Å². The Labute approximate surface area is 163 Å². The minimum Gasteiger partial charge on any atom is -0.338 e. The van der Waals surface area contributed by atoms with Crippen molar-refractivity contribution in [3.8, 4) is 0 Å². The van der Waals surface area contributed by atoms with Crippen LogP contribution in [-0.4, -0.2) is 53.4 Å². The fraction of sp³-hybridized carbons (Fsp3) is 0.588. The summed E-state index contributed by atoms with van der Waals surface area (Å²) in [4.78, 5) is 14.1. The number of hydrogen-bond acceptors (Lipinski definition) is 6. The molecule has 0 aromatic carbocycles. The van der Waals surface area contributed by atoms with Crippen LogP contribution >= 0.6 is 11.3 Å². The minimum atomic E-state index is -3.44. The highest BCUT2D eigenvalue weighted by Gasteiger charge is 2.28. The molecule has 0 spiro atoms. The Morgan fingerprint density at radius 3 is 2.59 bits per heavy atom. The van der Waals surface area contributed by atoms with Crippen molar-refractivity contribution in [2.45, 2.75) is 55.8 Å². The first-order valence-electron chi connectivity index (χ1n) is 9.21. The number of sulfonamides is 1. The fourth-order valence-electron chi connectivity index (χ4n) is 3.38. The van der Waals surface area contributed by atoms with Gasteiger partial charge in [0.15, 0.2) is 5.69 Å². The third-order valence-corrected chi connectivity index (χ3v) is 7.85. The molecule has 1 saturated carbocycles. The molecular weight excluding hydrogens is 386 g/mol. The zero-order chi connectivity index (χ0) is 19.4. The van der Waals surface area contributed by atoms with Crippen LogP contribution in [0.1, 0.15) is 56.1 Å². The normalized spacial score (nSPS) is 20.5. The van der Waals surface area contributed by atoms with Gasteiger partial charge in [-0.05, 0) is 51.0 Å². The minimum absolute atomic E-state index is 0.0753. The third kappa shape index (κ3) is 4.56. The second kappa shape index (κ2) is 8.49. The number of aromatic nitrogens is 3. The molecule has 148 valence electrons. The van der Waals surface area contributed by atoms with Crippen molar-refractivity contribution in [1.82, 2.24) is 24.6 Å². The Kier molecular flexibility index (Phi) is 6.28. The summed E-state index contributed by atoms with van der Waals surface area (Å²) in [5.41, 5.74) is 0.360. The molecule has 0 bridgehead atoms. The fourth-order valence-corrected chi connectivity index (χ4v) is 5.69. The molecule has 10 heteroatoms. The molecule has 0 saturated heterocycles. The van der Waals surface area contributed by atoms with Gasteiger partial charge in [-0.2, -0.15) is 0 Å². The van der Waals surface area contributed by atoms with E-state index in [1.807, 2.05) is 13.8 Å². The smallest absolute Gasteiger partial charge is 0.276 e. The lowest BCUT2D eigenvalue weighted by Gasteiger charge is -2.28. The monoisotopic (exact) mass is 411 g/mol. The number of amides is 1. The van der Waals surface area contributed by atoms with E-state index < -0.39 is 10.0 Å². The first-order chi connectivity index (χ1) is 12.9. The summed E-state index contributed by atoms with van der Waals surface area (Å²) < 4.78 is 29.6. The van der Waals surface area contributed by atoms with Gasteiger partial charge in [0, 0.05) is 19.1 Å².